The summed E-state index contributed by atoms with van der Waals surface area (Å²) in [5.74, 6) is 0.886. The monoisotopic (exact) mass is 474 g/mol. The van der Waals surface area contributed by atoms with E-state index in [4.69, 9.17) is 0 Å². The van der Waals surface area contributed by atoms with Crippen LogP contribution in [-0.4, -0.2) is 15.7 Å². The zero-order valence-corrected chi connectivity index (χ0v) is 18.3. The predicted octanol–water partition coefficient (Wildman–Crippen LogP) is 4.68. The number of rotatable bonds is 1. The van der Waals surface area contributed by atoms with Crippen LogP contribution in [0.15, 0.2) is 18.3 Å². The van der Waals surface area contributed by atoms with Crippen LogP contribution in [0.4, 0.5) is 11.5 Å². The van der Waals surface area contributed by atoms with Gasteiger partial charge in [0.05, 0.1) is 32.5 Å². The lowest BCUT2D eigenvalue weighted by Crippen LogP contribution is -2.37. The van der Waals surface area contributed by atoms with Crippen molar-refractivity contribution in [3.63, 3.8) is 0 Å². The second-order valence-corrected chi connectivity index (χ2v) is 9.78. The van der Waals surface area contributed by atoms with Gasteiger partial charge in [-0.25, -0.2) is 0 Å². The summed E-state index contributed by atoms with van der Waals surface area (Å²) in [6.45, 7) is 6.36. The molecule has 0 unspecified atom stereocenters. The van der Waals surface area contributed by atoms with Crippen LogP contribution in [0, 0.1) is 14.9 Å². The van der Waals surface area contributed by atoms with E-state index in [1.165, 1.54) is 0 Å². The molecule has 1 aliphatic carbocycles. The predicted molar refractivity (Wildman–Crippen MR) is 113 cm³/mol. The van der Waals surface area contributed by atoms with Gasteiger partial charge in [-0.3, -0.25) is 14.4 Å². The van der Waals surface area contributed by atoms with E-state index in [-0.39, 0.29) is 11.3 Å². The van der Waals surface area contributed by atoms with Crippen molar-refractivity contribution in [3.8, 4) is 6.07 Å². The van der Waals surface area contributed by atoms with Crippen molar-refractivity contribution in [1.82, 2.24) is 9.78 Å². The third-order valence-electron chi connectivity index (χ3n) is 5.97. The highest BCUT2D eigenvalue weighted by Crippen LogP contribution is 2.56. The number of nitrogens with zero attached hydrogens (tertiary/aromatic N) is 4. The fourth-order valence-electron chi connectivity index (χ4n) is 4.74. The van der Waals surface area contributed by atoms with Gasteiger partial charge in [0.15, 0.2) is 5.82 Å². The third kappa shape index (κ3) is 2.47. The number of halogens is 1. The topological polar surface area (TPSA) is 61.9 Å². The number of carbonyl (C=O) groups excluding carboxylic acids is 1. The first-order valence-corrected chi connectivity index (χ1v) is 10.4. The maximum atomic E-state index is 13.8. The molecule has 0 radical (unpaired) electrons. The lowest BCUT2D eigenvalue weighted by atomic mass is 9.73. The molecule has 0 atom stereocenters. The van der Waals surface area contributed by atoms with Crippen LogP contribution in [0.1, 0.15) is 63.1 Å². The molecule has 0 saturated heterocycles. The number of aromatic nitrogens is 2. The van der Waals surface area contributed by atoms with Crippen LogP contribution < -0.4 is 4.90 Å². The van der Waals surface area contributed by atoms with Crippen LogP contribution >= 0.6 is 22.6 Å². The molecule has 0 bridgehead atoms. The van der Waals surface area contributed by atoms with Crippen molar-refractivity contribution in [2.75, 3.05) is 4.90 Å². The molecule has 1 aromatic carbocycles. The van der Waals surface area contributed by atoms with Crippen LogP contribution in [0.5, 0.6) is 0 Å². The molecule has 6 heteroatoms. The number of benzene rings is 1. The molecule has 0 N–H and O–H groups in total. The van der Waals surface area contributed by atoms with Gasteiger partial charge in [-0.2, -0.15) is 10.4 Å². The van der Waals surface area contributed by atoms with E-state index >= 15 is 0 Å². The Morgan fingerprint density at radius 3 is 2.44 bits per heavy atom. The van der Waals surface area contributed by atoms with Crippen LogP contribution in [0.25, 0.3) is 0 Å². The largest absolute Gasteiger partial charge is 0.273 e. The number of carbonyl (C=O) groups is 1. The smallest absolute Gasteiger partial charge is 0.243 e. The minimum atomic E-state index is -0.574. The van der Waals surface area contributed by atoms with Crippen molar-refractivity contribution >= 4 is 40.0 Å². The summed E-state index contributed by atoms with van der Waals surface area (Å²) < 4.78 is 2.68. The minimum absolute atomic E-state index is 0.0964. The molecule has 2 aliphatic rings. The zero-order valence-electron chi connectivity index (χ0n) is 16.1. The number of anilines is 2. The summed E-state index contributed by atoms with van der Waals surface area (Å²) in [5, 5.41) is 14.4. The van der Waals surface area contributed by atoms with E-state index in [0.717, 1.165) is 51.9 Å². The summed E-state index contributed by atoms with van der Waals surface area (Å²) in [5.41, 5.74) is 2.77. The highest BCUT2D eigenvalue weighted by Gasteiger charge is 2.55. The SMILES string of the molecule is Cn1ncc(I)c1N1C(=O)C2(CCCC2)c2c1ccc(C(C)(C)C)c2C#N. The Morgan fingerprint density at radius 1 is 1.26 bits per heavy atom. The Hall–Kier alpha value is -1.88. The van der Waals surface area contributed by atoms with E-state index < -0.39 is 5.41 Å². The van der Waals surface area contributed by atoms with Gasteiger partial charge in [-0.15, -0.1) is 0 Å². The highest BCUT2D eigenvalue weighted by molar-refractivity contribution is 14.1. The molecule has 1 aromatic heterocycles. The van der Waals surface area contributed by atoms with Gasteiger partial charge < -0.3 is 0 Å². The molecule has 140 valence electrons. The maximum Gasteiger partial charge on any atom is 0.243 e. The molecule has 1 amide bonds. The fourth-order valence-corrected chi connectivity index (χ4v) is 5.46. The molecular formula is C21H23IN4O. The van der Waals surface area contributed by atoms with Gasteiger partial charge >= 0.3 is 0 Å². The van der Waals surface area contributed by atoms with Crippen molar-refractivity contribution in [1.29, 1.82) is 5.26 Å². The van der Waals surface area contributed by atoms with E-state index in [1.807, 2.05) is 24.1 Å². The molecule has 1 aliphatic heterocycles. The molecule has 5 nitrogen and oxygen atoms in total. The van der Waals surface area contributed by atoms with Crippen molar-refractivity contribution < 1.29 is 4.79 Å². The Labute approximate surface area is 173 Å². The van der Waals surface area contributed by atoms with Gasteiger partial charge in [0.25, 0.3) is 0 Å². The van der Waals surface area contributed by atoms with Crippen LogP contribution in [0.2, 0.25) is 0 Å². The average molecular weight is 474 g/mol. The van der Waals surface area contributed by atoms with Crippen molar-refractivity contribution in [2.45, 2.75) is 57.3 Å². The fraction of sp³-hybridized carbons (Fsp3) is 0.476. The lowest BCUT2D eigenvalue weighted by Gasteiger charge is -2.26. The van der Waals surface area contributed by atoms with Gasteiger partial charge in [0.2, 0.25) is 5.91 Å². The molecule has 1 saturated carbocycles. The molecule has 1 fully saturated rings. The van der Waals surface area contributed by atoms with E-state index in [1.54, 1.807) is 10.9 Å². The lowest BCUT2D eigenvalue weighted by molar-refractivity contribution is -0.122. The number of aryl methyl sites for hydroxylation is 1. The molecule has 2 aromatic rings. The summed E-state index contributed by atoms with van der Waals surface area (Å²) >= 11 is 2.23. The van der Waals surface area contributed by atoms with Crippen molar-refractivity contribution in [2.24, 2.45) is 7.05 Å². The standard InChI is InChI=1S/C21H23IN4O/c1-20(2,3)14-7-8-16-17(13(14)11-23)21(9-5-6-10-21)19(27)26(16)18-15(22)12-24-25(18)4/h7-8,12H,5-6,9-10H2,1-4H3. The Morgan fingerprint density at radius 2 is 1.93 bits per heavy atom. The Kier molecular flexibility index (Phi) is 4.15. The average Bonchev–Trinajstić information content (AvgIpc) is 3.28. The quantitative estimate of drug-likeness (QED) is 0.564. The van der Waals surface area contributed by atoms with Crippen LogP contribution in [0.3, 0.4) is 0 Å². The summed E-state index contributed by atoms with van der Waals surface area (Å²) in [6.07, 6.45) is 5.44. The molecule has 27 heavy (non-hydrogen) atoms. The summed E-state index contributed by atoms with van der Waals surface area (Å²) in [7, 11) is 1.86. The summed E-state index contributed by atoms with van der Waals surface area (Å²) in [6, 6.07) is 6.52. The summed E-state index contributed by atoms with van der Waals surface area (Å²) in [4.78, 5) is 15.6. The first-order chi connectivity index (χ1) is 12.7. The van der Waals surface area contributed by atoms with Crippen LogP contribution in [-0.2, 0) is 22.7 Å². The van der Waals surface area contributed by atoms with Gasteiger partial charge in [0, 0.05) is 12.6 Å². The van der Waals surface area contributed by atoms with Crippen molar-refractivity contribution in [3.05, 3.63) is 38.6 Å². The first kappa shape index (κ1) is 18.5. The highest BCUT2D eigenvalue weighted by atomic mass is 127. The van der Waals surface area contributed by atoms with Gasteiger partial charge in [0.1, 0.15) is 0 Å². The second kappa shape index (κ2) is 6.06. The minimum Gasteiger partial charge on any atom is -0.273 e. The second-order valence-electron chi connectivity index (χ2n) is 8.61. The maximum absolute atomic E-state index is 13.8. The number of hydrogen-bond acceptors (Lipinski definition) is 3. The number of fused-ring (bicyclic) bond motifs is 2. The molecule has 1 spiro atoms. The first-order valence-electron chi connectivity index (χ1n) is 9.32. The van der Waals surface area contributed by atoms with Gasteiger partial charge in [-0.1, -0.05) is 39.7 Å². The van der Waals surface area contributed by atoms with E-state index in [0.29, 0.717) is 5.56 Å². The molecule has 2 heterocycles. The van der Waals surface area contributed by atoms with E-state index in [9.17, 15) is 10.1 Å². The molecular weight excluding hydrogens is 451 g/mol. The number of amides is 1. The van der Waals surface area contributed by atoms with E-state index in [2.05, 4.69) is 54.5 Å². The number of nitriles is 1. The Bertz CT molecular complexity index is 967. The normalized spacial score (nSPS) is 18.2. The zero-order chi connectivity index (χ0) is 19.6. The molecule has 4 rings (SSSR count). The third-order valence-corrected chi connectivity index (χ3v) is 6.73. The number of hydrogen-bond donors (Lipinski definition) is 0. The Balaban J connectivity index is 2.06. The van der Waals surface area contributed by atoms with Gasteiger partial charge in [-0.05, 0) is 52.5 Å².